The third-order valence-electron chi connectivity index (χ3n) is 2.86. The molecule has 9 heteroatoms. The molecule has 0 saturated carbocycles. The first-order valence-corrected chi connectivity index (χ1v) is 7.93. The highest BCUT2D eigenvalue weighted by atomic mass is 35.5. The first kappa shape index (κ1) is 16.2. The number of sulfone groups is 1. The highest BCUT2D eigenvalue weighted by molar-refractivity contribution is 7.91. The molecule has 0 N–H and O–H groups in total. The largest absolute Gasteiger partial charge is 0.363 e. The van der Waals surface area contributed by atoms with Crippen LogP contribution in [0.25, 0.3) is 0 Å². The van der Waals surface area contributed by atoms with E-state index in [0.717, 1.165) is 6.07 Å². The van der Waals surface area contributed by atoms with Gasteiger partial charge < -0.3 is 4.90 Å². The Hall–Kier alpha value is -2.19. The number of hydrogen-bond acceptors (Lipinski definition) is 6. The number of nitro groups is 1. The van der Waals surface area contributed by atoms with Gasteiger partial charge in [-0.2, -0.15) is 0 Å². The van der Waals surface area contributed by atoms with Gasteiger partial charge in [0, 0.05) is 25.2 Å². The Balaban J connectivity index is 2.70. The summed E-state index contributed by atoms with van der Waals surface area (Å²) in [5.41, 5.74) is -0.569. The lowest BCUT2D eigenvalue weighted by Crippen LogP contribution is -2.14. The van der Waals surface area contributed by atoms with Gasteiger partial charge in [-0.05, 0) is 30.3 Å². The summed E-state index contributed by atoms with van der Waals surface area (Å²) in [6.07, 6.45) is 0. The zero-order chi connectivity index (χ0) is 16.5. The van der Waals surface area contributed by atoms with Gasteiger partial charge in [0.25, 0.3) is 0 Å². The van der Waals surface area contributed by atoms with E-state index in [-0.39, 0.29) is 4.90 Å². The van der Waals surface area contributed by atoms with E-state index in [1.807, 2.05) is 0 Å². The van der Waals surface area contributed by atoms with Crippen LogP contribution in [0, 0.1) is 10.1 Å². The Morgan fingerprint density at radius 2 is 1.73 bits per heavy atom. The molecule has 0 saturated heterocycles. The maximum Gasteiger partial charge on any atom is 0.307 e. The van der Waals surface area contributed by atoms with E-state index < -0.39 is 25.5 Å². The van der Waals surface area contributed by atoms with Crippen molar-refractivity contribution in [3.8, 4) is 0 Å². The third-order valence-corrected chi connectivity index (χ3v) is 4.81. The van der Waals surface area contributed by atoms with Crippen LogP contribution in [0.5, 0.6) is 0 Å². The molecule has 0 aliphatic rings. The van der Waals surface area contributed by atoms with Gasteiger partial charge in [-0.25, -0.2) is 13.4 Å². The molecule has 22 heavy (non-hydrogen) atoms. The molecule has 0 atom stereocenters. The summed E-state index contributed by atoms with van der Waals surface area (Å²) in [5.74, 6) is 0.304. The summed E-state index contributed by atoms with van der Waals surface area (Å²) in [7, 11) is -0.806. The van der Waals surface area contributed by atoms with Crippen LogP contribution in [0.15, 0.2) is 46.3 Å². The number of nitrogens with zero attached hydrogens (tertiary/aromatic N) is 3. The molecule has 1 heterocycles. The summed E-state index contributed by atoms with van der Waals surface area (Å²) in [5, 5.41) is 10.9. The van der Waals surface area contributed by atoms with Crippen LogP contribution in [0.3, 0.4) is 0 Å². The van der Waals surface area contributed by atoms with Crippen LogP contribution in [-0.4, -0.2) is 32.4 Å². The molecule has 116 valence electrons. The standard InChI is InChI=1S/C13H12ClN3O4S/c1-16(2)12-8-7-11(17(18)19)13(15-12)22(20,21)10-5-3-9(14)4-6-10/h3-8H,1-2H3. The number of benzene rings is 1. The zero-order valence-corrected chi connectivity index (χ0v) is 13.3. The van der Waals surface area contributed by atoms with E-state index in [1.54, 1.807) is 19.0 Å². The van der Waals surface area contributed by atoms with E-state index in [1.165, 1.54) is 30.3 Å². The molecular weight excluding hydrogens is 330 g/mol. The Morgan fingerprint density at radius 1 is 1.14 bits per heavy atom. The van der Waals surface area contributed by atoms with Gasteiger partial charge in [-0.3, -0.25) is 10.1 Å². The number of hydrogen-bond donors (Lipinski definition) is 0. The van der Waals surface area contributed by atoms with Crippen LogP contribution in [0.4, 0.5) is 11.5 Å². The van der Waals surface area contributed by atoms with E-state index in [0.29, 0.717) is 10.8 Å². The van der Waals surface area contributed by atoms with Crippen LogP contribution in [0.2, 0.25) is 5.02 Å². The maximum atomic E-state index is 12.6. The van der Waals surface area contributed by atoms with E-state index in [4.69, 9.17) is 11.6 Å². The van der Waals surface area contributed by atoms with Crippen molar-refractivity contribution >= 4 is 32.9 Å². The average molecular weight is 342 g/mol. The lowest BCUT2D eigenvalue weighted by molar-refractivity contribution is -0.388. The van der Waals surface area contributed by atoms with Gasteiger partial charge in [0.1, 0.15) is 5.82 Å². The molecular formula is C13H12ClN3O4S. The summed E-state index contributed by atoms with van der Waals surface area (Å²) < 4.78 is 25.2. The molecule has 0 aliphatic heterocycles. The summed E-state index contributed by atoms with van der Waals surface area (Å²) in [4.78, 5) is 15.7. The van der Waals surface area contributed by atoms with E-state index >= 15 is 0 Å². The second-order valence-corrected chi connectivity index (χ2v) is 6.90. The van der Waals surface area contributed by atoms with Gasteiger partial charge in [-0.15, -0.1) is 0 Å². The van der Waals surface area contributed by atoms with Gasteiger partial charge >= 0.3 is 5.69 Å². The Morgan fingerprint density at radius 3 is 2.23 bits per heavy atom. The maximum absolute atomic E-state index is 12.6. The van der Waals surface area contributed by atoms with Crippen molar-refractivity contribution in [2.24, 2.45) is 0 Å². The van der Waals surface area contributed by atoms with Crippen molar-refractivity contribution in [1.29, 1.82) is 0 Å². The summed E-state index contributed by atoms with van der Waals surface area (Å²) >= 11 is 5.73. The minimum Gasteiger partial charge on any atom is -0.363 e. The quantitative estimate of drug-likeness (QED) is 0.626. The number of aromatic nitrogens is 1. The van der Waals surface area contributed by atoms with Crippen molar-refractivity contribution in [3.63, 3.8) is 0 Å². The fourth-order valence-corrected chi connectivity index (χ4v) is 3.21. The molecule has 2 aromatic rings. The highest BCUT2D eigenvalue weighted by Crippen LogP contribution is 2.30. The number of anilines is 1. The van der Waals surface area contributed by atoms with Crippen LogP contribution in [0.1, 0.15) is 0 Å². The average Bonchev–Trinajstić information content (AvgIpc) is 2.46. The fourth-order valence-electron chi connectivity index (χ4n) is 1.73. The molecule has 0 unspecified atom stereocenters. The molecule has 0 fully saturated rings. The molecule has 1 aromatic carbocycles. The summed E-state index contributed by atoms with van der Waals surface area (Å²) in [6.45, 7) is 0. The van der Waals surface area contributed by atoms with Crippen LogP contribution in [-0.2, 0) is 9.84 Å². The molecule has 1 aromatic heterocycles. The highest BCUT2D eigenvalue weighted by Gasteiger charge is 2.30. The van der Waals surface area contributed by atoms with Crippen molar-refractivity contribution in [2.75, 3.05) is 19.0 Å². The van der Waals surface area contributed by atoms with Gasteiger partial charge in [0.2, 0.25) is 14.9 Å². The first-order chi connectivity index (χ1) is 10.2. The molecule has 0 spiro atoms. The van der Waals surface area contributed by atoms with Gasteiger partial charge in [0.15, 0.2) is 0 Å². The van der Waals surface area contributed by atoms with Crippen LogP contribution >= 0.6 is 11.6 Å². The van der Waals surface area contributed by atoms with Gasteiger partial charge in [0.05, 0.1) is 9.82 Å². The molecule has 0 aliphatic carbocycles. The fraction of sp³-hybridized carbons (Fsp3) is 0.154. The van der Waals surface area contributed by atoms with E-state index in [9.17, 15) is 18.5 Å². The smallest absolute Gasteiger partial charge is 0.307 e. The normalized spacial score (nSPS) is 11.2. The number of halogens is 1. The van der Waals surface area contributed by atoms with Crippen molar-refractivity contribution in [2.45, 2.75) is 9.92 Å². The second kappa shape index (κ2) is 5.90. The molecule has 0 radical (unpaired) electrons. The summed E-state index contributed by atoms with van der Waals surface area (Å²) in [6, 6.07) is 7.88. The first-order valence-electron chi connectivity index (χ1n) is 6.07. The Kier molecular flexibility index (Phi) is 4.34. The number of rotatable bonds is 4. The zero-order valence-electron chi connectivity index (χ0n) is 11.7. The van der Waals surface area contributed by atoms with Crippen molar-refractivity contribution < 1.29 is 13.3 Å². The van der Waals surface area contributed by atoms with E-state index in [2.05, 4.69) is 4.98 Å². The Bertz CT molecular complexity index is 820. The molecule has 7 nitrogen and oxygen atoms in total. The third kappa shape index (κ3) is 3.02. The predicted molar refractivity (Wildman–Crippen MR) is 82.1 cm³/mol. The number of pyridine rings is 1. The minimum absolute atomic E-state index is 0.108. The monoisotopic (exact) mass is 341 g/mol. The Labute approximate surface area is 132 Å². The topological polar surface area (TPSA) is 93.4 Å². The van der Waals surface area contributed by atoms with Crippen molar-refractivity contribution in [1.82, 2.24) is 4.98 Å². The minimum atomic E-state index is -4.13. The van der Waals surface area contributed by atoms with Crippen LogP contribution < -0.4 is 4.90 Å². The lowest BCUT2D eigenvalue weighted by atomic mass is 10.4. The molecule has 0 amide bonds. The SMILES string of the molecule is CN(C)c1ccc([N+](=O)[O-])c(S(=O)(=O)c2ccc(Cl)cc2)n1. The predicted octanol–water partition coefficient (Wildman–Crippen LogP) is 2.54. The van der Waals surface area contributed by atoms with Crippen molar-refractivity contribution in [3.05, 3.63) is 51.5 Å². The van der Waals surface area contributed by atoms with Gasteiger partial charge in [-0.1, -0.05) is 11.6 Å². The molecule has 0 bridgehead atoms. The molecule has 2 rings (SSSR count). The lowest BCUT2D eigenvalue weighted by Gasteiger charge is -2.12. The second-order valence-electron chi connectivity index (χ2n) is 4.60.